The molecular formula is C25H33N5O5S. The number of pyridine rings is 1. The number of anilines is 2. The molecule has 0 N–H and O–H groups in total. The first-order valence-electron chi connectivity index (χ1n) is 12.5. The monoisotopic (exact) mass is 515 g/mol. The van der Waals surface area contributed by atoms with Crippen molar-refractivity contribution in [1.29, 1.82) is 0 Å². The van der Waals surface area contributed by atoms with Gasteiger partial charge in [0.15, 0.2) is 0 Å². The number of rotatable bonds is 6. The van der Waals surface area contributed by atoms with Crippen LogP contribution in [0.3, 0.4) is 0 Å². The van der Waals surface area contributed by atoms with Crippen molar-refractivity contribution < 1.29 is 22.7 Å². The zero-order valence-electron chi connectivity index (χ0n) is 20.8. The van der Waals surface area contributed by atoms with Crippen LogP contribution in [0.15, 0.2) is 41.6 Å². The van der Waals surface area contributed by atoms with E-state index in [1.54, 1.807) is 12.3 Å². The van der Waals surface area contributed by atoms with Crippen molar-refractivity contribution in [2.75, 3.05) is 64.4 Å². The van der Waals surface area contributed by atoms with E-state index < -0.39 is 10.0 Å². The Balaban J connectivity index is 1.37. The lowest BCUT2D eigenvalue weighted by Crippen LogP contribution is -2.47. The zero-order chi connectivity index (χ0) is 25.3. The average Bonchev–Trinajstić information content (AvgIpc) is 3.36. The van der Waals surface area contributed by atoms with Crippen LogP contribution in [0, 0.1) is 0 Å². The van der Waals surface area contributed by atoms with E-state index in [2.05, 4.69) is 9.88 Å². The second kappa shape index (κ2) is 10.2. The molecule has 36 heavy (non-hydrogen) atoms. The third-order valence-corrected chi connectivity index (χ3v) is 8.87. The highest BCUT2D eigenvalue weighted by Crippen LogP contribution is 2.40. The van der Waals surface area contributed by atoms with Crippen molar-refractivity contribution in [3.05, 3.63) is 36.7 Å². The summed E-state index contributed by atoms with van der Waals surface area (Å²) in [6, 6.07) is 7.35. The molecule has 1 atom stereocenters. The number of carbonyl (C=O) groups is 1. The maximum absolute atomic E-state index is 13.3. The molecule has 0 spiro atoms. The summed E-state index contributed by atoms with van der Waals surface area (Å²) < 4.78 is 40.2. The summed E-state index contributed by atoms with van der Waals surface area (Å²) >= 11 is 0. The van der Waals surface area contributed by atoms with Gasteiger partial charge >= 0.3 is 0 Å². The quantitative estimate of drug-likeness (QED) is 0.576. The lowest BCUT2D eigenvalue weighted by molar-refractivity contribution is -0.130. The van der Waals surface area contributed by atoms with Crippen LogP contribution in [0.2, 0.25) is 0 Å². The number of benzene rings is 1. The van der Waals surface area contributed by atoms with Crippen molar-refractivity contribution in [3.8, 4) is 11.5 Å². The molecule has 2 aromatic rings. The van der Waals surface area contributed by atoms with Gasteiger partial charge in [0.1, 0.15) is 29.1 Å². The number of piperazine rings is 1. The Morgan fingerprint density at radius 2 is 1.92 bits per heavy atom. The number of nitrogens with zero attached hydrogens (tertiary/aromatic N) is 5. The summed E-state index contributed by atoms with van der Waals surface area (Å²) in [5, 5.41) is 0. The van der Waals surface area contributed by atoms with Gasteiger partial charge in [0.05, 0.1) is 30.7 Å². The largest absolute Gasteiger partial charge is 0.490 e. The fourth-order valence-corrected chi connectivity index (χ4v) is 6.29. The Morgan fingerprint density at radius 1 is 1.11 bits per heavy atom. The van der Waals surface area contributed by atoms with Crippen molar-refractivity contribution in [2.24, 2.45) is 0 Å². The van der Waals surface area contributed by atoms with Gasteiger partial charge in [-0.15, -0.1) is 0 Å². The number of hydrogen-bond acceptors (Lipinski definition) is 8. The van der Waals surface area contributed by atoms with Gasteiger partial charge in [0.25, 0.3) is 0 Å². The third kappa shape index (κ3) is 5.00. The summed E-state index contributed by atoms with van der Waals surface area (Å²) in [4.78, 5) is 22.5. The molecule has 0 radical (unpaired) electrons. The summed E-state index contributed by atoms with van der Waals surface area (Å²) in [5.74, 6) is 1.54. The maximum Gasteiger partial charge on any atom is 0.244 e. The molecule has 2 saturated heterocycles. The standard InChI is InChI=1S/C25H33N5O5S/c1-3-25(31)28-7-6-21(18-28)35-20-4-5-24-23(15-20)30(12-13-34-24)19-14-22(17-26-16-19)36(32,33)29-10-8-27(2)9-11-29/h4-5,14-17,21H,3,6-13,18H2,1-2H3. The molecule has 10 nitrogen and oxygen atoms in total. The molecule has 2 fully saturated rings. The normalized spacial score (nSPS) is 21.2. The minimum absolute atomic E-state index is 0.0600. The van der Waals surface area contributed by atoms with Crippen LogP contribution in [0.5, 0.6) is 11.5 Å². The predicted octanol–water partition coefficient (Wildman–Crippen LogP) is 1.94. The van der Waals surface area contributed by atoms with Gasteiger partial charge in [-0.05, 0) is 25.2 Å². The third-order valence-electron chi connectivity index (χ3n) is 7.01. The highest BCUT2D eigenvalue weighted by Gasteiger charge is 2.30. The fraction of sp³-hybridized carbons (Fsp3) is 0.520. The molecule has 0 saturated carbocycles. The molecule has 11 heteroatoms. The van der Waals surface area contributed by atoms with Gasteiger partial charge in [-0.1, -0.05) is 6.92 Å². The Labute approximate surface area is 212 Å². The van der Waals surface area contributed by atoms with Gasteiger partial charge in [-0.2, -0.15) is 4.31 Å². The molecule has 3 aliphatic heterocycles. The van der Waals surface area contributed by atoms with Crippen LogP contribution in [-0.4, -0.2) is 99.0 Å². The first-order valence-corrected chi connectivity index (χ1v) is 13.9. The molecule has 1 amide bonds. The van der Waals surface area contributed by atoms with E-state index >= 15 is 0 Å². The molecule has 1 aromatic heterocycles. The summed E-state index contributed by atoms with van der Waals surface area (Å²) in [5.41, 5.74) is 1.49. The molecule has 4 heterocycles. The highest BCUT2D eigenvalue weighted by atomic mass is 32.2. The zero-order valence-corrected chi connectivity index (χ0v) is 21.6. The first kappa shape index (κ1) is 24.8. The van der Waals surface area contributed by atoms with Crippen molar-refractivity contribution in [2.45, 2.75) is 30.8 Å². The van der Waals surface area contributed by atoms with Crippen LogP contribution >= 0.6 is 0 Å². The van der Waals surface area contributed by atoms with Crippen LogP contribution < -0.4 is 14.4 Å². The van der Waals surface area contributed by atoms with E-state index in [1.165, 1.54) is 10.5 Å². The molecular weight excluding hydrogens is 482 g/mol. The number of aromatic nitrogens is 1. The van der Waals surface area contributed by atoms with E-state index in [4.69, 9.17) is 9.47 Å². The number of fused-ring (bicyclic) bond motifs is 1. The van der Waals surface area contributed by atoms with Crippen molar-refractivity contribution >= 4 is 27.3 Å². The molecule has 0 aliphatic carbocycles. The lowest BCUT2D eigenvalue weighted by atomic mass is 10.2. The number of likely N-dealkylation sites (N-methyl/N-ethyl adjacent to an activating group) is 1. The number of likely N-dealkylation sites (tertiary alicyclic amines) is 1. The number of carbonyl (C=O) groups excluding carboxylic acids is 1. The van der Waals surface area contributed by atoms with Gasteiger partial charge in [-0.3, -0.25) is 9.78 Å². The van der Waals surface area contributed by atoms with Gasteiger partial charge in [-0.25, -0.2) is 8.42 Å². The molecule has 1 aromatic carbocycles. The van der Waals surface area contributed by atoms with Crippen molar-refractivity contribution in [1.82, 2.24) is 19.1 Å². The predicted molar refractivity (Wildman–Crippen MR) is 135 cm³/mol. The second-order valence-corrected chi connectivity index (χ2v) is 11.4. The van der Waals surface area contributed by atoms with Crippen LogP contribution in [0.1, 0.15) is 19.8 Å². The molecule has 3 aliphatic rings. The van der Waals surface area contributed by atoms with Gasteiger partial charge in [0.2, 0.25) is 15.9 Å². The van der Waals surface area contributed by atoms with Gasteiger partial charge in [0, 0.05) is 57.8 Å². The minimum Gasteiger partial charge on any atom is -0.490 e. The van der Waals surface area contributed by atoms with E-state index in [9.17, 15) is 13.2 Å². The topological polar surface area (TPSA) is 95.5 Å². The summed E-state index contributed by atoms with van der Waals surface area (Å²) in [6.45, 7) is 6.53. The van der Waals surface area contributed by atoms with E-state index in [-0.39, 0.29) is 16.9 Å². The van der Waals surface area contributed by atoms with Gasteiger partial charge < -0.3 is 24.2 Å². The van der Waals surface area contributed by atoms with E-state index in [0.29, 0.717) is 76.0 Å². The highest BCUT2D eigenvalue weighted by molar-refractivity contribution is 7.89. The van der Waals surface area contributed by atoms with Crippen LogP contribution in [0.4, 0.5) is 11.4 Å². The number of hydrogen-bond donors (Lipinski definition) is 0. The maximum atomic E-state index is 13.3. The number of sulfonamides is 1. The Hall–Kier alpha value is -2.89. The SMILES string of the molecule is CCC(=O)N1CCC(Oc2ccc3c(c2)N(c2cncc(S(=O)(=O)N4CCN(C)CC4)c2)CCO3)C1. The average molecular weight is 516 g/mol. The summed E-state index contributed by atoms with van der Waals surface area (Å²) in [6.07, 6.45) is 4.32. The minimum atomic E-state index is -3.63. The van der Waals surface area contributed by atoms with Crippen LogP contribution in [-0.2, 0) is 14.8 Å². The first-order chi connectivity index (χ1) is 17.3. The van der Waals surface area contributed by atoms with E-state index in [0.717, 1.165) is 12.1 Å². The Kier molecular flexibility index (Phi) is 7.05. The van der Waals surface area contributed by atoms with Crippen molar-refractivity contribution in [3.63, 3.8) is 0 Å². The number of amides is 1. The Morgan fingerprint density at radius 3 is 2.69 bits per heavy atom. The van der Waals surface area contributed by atoms with Crippen LogP contribution in [0.25, 0.3) is 0 Å². The Bertz CT molecular complexity index is 1220. The number of ether oxygens (including phenoxy) is 2. The van der Waals surface area contributed by atoms with E-state index in [1.807, 2.05) is 42.0 Å². The summed E-state index contributed by atoms with van der Waals surface area (Å²) in [7, 11) is -1.64. The molecule has 1 unspecified atom stereocenters. The molecule has 5 rings (SSSR count). The lowest BCUT2D eigenvalue weighted by Gasteiger charge is -2.33. The second-order valence-electron chi connectivity index (χ2n) is 9.44. The molecule has 0 bridgehead atoms. The fourth-order valence-electron chi connectivity index (χ4n) is 4.88. The smallest absolute Gasteiger partial charge is 0.244 e. The molecule has 194 valence electrons.